The highest BCUT2D eigenvalue weighted by Crippen LogP contribution is 2.20. The highest BCUT2D eigenvalue weighted by molar-refractivity contribution is 5.45. The Bertz CT molecular complexity index is 450. The van der Waals surface area contributed by atoms with Crippen molar-refractivity contribution in [3.63, 3.8) is 0 Å². The van der Waals surface area contributed by atoms with E-state index in [1.807, 2.05) is 6.92 Å². The Hall–Kier alpha value is -1.60. The SMILES string of the molecule is Cc1cc(C#N)cc(NC2CCCCCC2N)n1. The first kappa shape index (κ1) is 12.8. The van der Waals surface area contributed by atoms with E-state index in [0.29, 0.717) is 5.56 Å². The van der Waals surface area contributed by atoms with Gasteiger partial charge in [0.2, 0.25) is 0 Å². The molecule has 1 aromatic rings. The fourth-order valence-corrected chi connectivity index (χ4v) is 2.51. The van der Waals surface area contributed by atoms with Crippen LogP contribution in [0.3, 0.4) is 0 Å². The summed E-state index contributed by atoms with van der Waals surface area (Å²) in [6.07, 6.45) is 5.83. The van der Waals surface area contributed by atoms with E-state index in [2.05, 4.69) is 16.4 Å². The maximum absolute atomic E-state index is 8.96. The average molecular weight is 244 g/mol. The van der Waals surface area contributed by atoms with Crippen LogP contribution in [0.1, 0.15) is 43.4 Å². The molecule has 4 heteroatoms. The molecule has 1 aliphatic rings. The number of anilines is 1. The third-order valence-corrected chi connectivity index (χ3v) is 3.49. The molecule has 0 bridgehead atoms. The highest BCUT2D eigenvalue weighted by Gasteiger charge is 2.20. The van der Waals surface area contributed by atoms with Gasteiger partial charge in [-0.2, -0.15) is 5.26 Å². The minimum absolute atomic E-state index is 0.181. The smallest absolute Gasteiger partial charge is 0.127 e. The second kappa shape index (κ2) is 5.83. The Balaban J connectivity index is 2.12. The standard InChI is InChI=1S/C14H20N4/c1-10-7-11(9-15)8-14(17-10)18-13-6-4-2-3-5-12(13)16/h7-8,12-13H,2-6,16H2,1H3,(H,17,18). The van der Waals surface area contributed by atoms with Gasteiger partial charge in [0.25, 0.3) is 0 Å². The molecule has 18 heavy (non-hydrogen) atoms. The van der Waals surface area contributed by atoms with E-state index in [1.54, 1.807) is 12.1 Å². The van der Waals surface area contributed by atoms with Crippen LogP contribution < -0.4 is 11.1 Å². The molecule has 4 nitrogen and oxygen atoms in total. The molecule has 0 spiro atoms. The van der Waals surface area contributed by atoms with E-state index in [-0.39, 0.29) is 12.1 Å². The molecular weight excluding hydrogens is 224 g/mol. The molecule has 1 aromatic heterocycles. The lowest BCUT2D eigenvalue weighted by Gasteiger charge is -2.23. The summed E-state index contributed by atoms with van der Waals surface area (Å²) in [5.41, 5.74) is 7.69. The van der Waals surface area contributed by atoms with Crippen molar-refractivity contribution in [2.24, 2.45) is 5.73 Å². The molecule has 2 rings (SSSR count). The fraction of sp³-hybridized carbons (Fsp3) is 0.571. The fourth-order valence-electron chi connectivity index (χ4n) is 2.51. The summed E-state index contributed by atoms with van der Waals surface area (Å²) < 4.78 is 0. The first-order chi connectivity index (χ1) is 8.69. The van der Waals surface area contributed by atoms with E-state index in [4.69, 9.17) is 11.0 Å². The van der Waals surface area contributed by atoms with E-state index >= 15 is 0 Å². The van der Waals surface area contributed by atoms with Crippen LogP contribution in [0.5, 0.6) is 0 Å². The van der Waals surface area contributed by atoms with Gasteiger partial charge in [-0.15, -0.1) is 0 Å². The van der Waals surface area contributed by atoms with Gasteiger partial charge in [0.05, 0.1) is 11.6 Å². The number of aryl methyl sites for hydroxylation is 1. The van der Waals surface area contributed by atoms with Crippen LogP contribution >= 0.6 is 0 Å². The van der Waals surface area contributed by atoms with Crippen LogP contribution in [0.25, 0.3) is 0 Å². The van der Waals surface area contributed by atoms with Gasteiger partial charge in [-0.25, -0.2) is 4.98 Å². The normalized spacial score (nSPS) is 24.1. The van der Waals surface area contributed by atoms with Gasteiger partial charge in [0.1, 0.15) is 5.82 Å². The first-order valence-electron chi connectivity index (χ1n) is 6.60. The molecule has 3 N–H and O–H groups in total. The molecule has 0 radical (unpaired) electrons. The van der Waals surface area contributed by atoms with Crippen LogP contribution in [-0.4, -0.2) is 17.1 Å². The molecular formula is C14H20N4. The van der Waals surface area contributed by atoms with Gasteiger partial charge in [-0.3, -0.25) is 0 Å². The summed E-state index contributed by atoms with van der Waals surface area (Å²) in [7, 11) is 0. The van der Waals surface area contributed by atoms with Crippen LogP contribution in [-0.2, 0) is 0 Å². The maximum atomic E-state index is 8.96. The molecule has 96 valence electrons. The monoisotopic (exact) mass is 244 g/mol. The van der Waals surface area contributed by atoms with Gasteiger partial charge >= 0.3 is 0 Å². The summed E-state index contributed by atoms with van der Waals surface area (Å²) in [6.45, 7) is 1.90. The number of rotatable bonds is 2. The van der Waals surface area contributed by atoms with Crippen LogP contribution in [0.2, 0.25) is 0 Å². The van der Waals surface area contributed by atoms with Crippen molar-refractivity contribution in [2.45, 2.75) is 51.1 Å². The zero-order valence-corrected chi connectivity index (χ0v) is 10.8. The molecule has 2 atom stereocenters. The number of nitriles is 1. The summed E-state index contributed by atoms with van der Waals surface area (Å²) in [5.74, 6) is 0.772. The minimum atomic E-state index is 0.181. The summed E-state index contributed by atoms with van der Waals surface area (Å²) in [4.78, 5) is 4.42. The predicted molar refractivity (Wildman–Crippen MR) is 72.2 cm³/mol. The number of aromatic nitrogens is 1. The maximum Gasteiger partial charge on any atom is 0.127 e. The molecule has 0 saturated heterocycles. The summed E-state index contributed by atoms with van der Waals surface area (Å²) in [5, 5.41) is 12.4. The Morgan fingerprint density at radius 1 is 1.33 bits per heavy atom. The third-order valence-electron chi connectivity index (χ3n) is 3.49. The van der Waals surface area contributed by atoms with Gasteiger partial charge in [0.15, 0.2) is 0 Å². The molecule has 1 fully saturated rings. The Labute approximate surface area is 108 Å². The zero-order valence-electron chi connectivity index (χ0n) is 10.8. The van der Waals surface area contributed by atoms with Crippen molar-refractivity contribution in [3.05, 3.63) is 23.4 Å². The average Bonchev–Trinajstić information content (AvgIpc) is 2.54. The quantitative estimate of drug-likeness (QED) is 0.783. The zero-order chi connectivity index (χ0) is 13.0. The van der Waals surface area contributed by atoms with E-state index < -0.39 is 0 Å². The van der Waals surface area contributed by atoms with Crippen molar-refractivity contribution in [1.82, 2.24) is 4.98 Å². The number of hydrogen-bond acceptors (Lipinski definition) is 4. The lowest BCUT2D eigenvalue weighted by atomic mass is 10.0. The molecule has 0 aromatic carbocycles. The molecule has 1 heterocycles. The van der Waals surface area contributed by atoms with Crippen LogP contribution in [0, 0.1) is 18.3 Å². The molecule has 1 saturated carbocycles. The first-order valence-corrected chi connectivity index (χ1v) is 6.60. The van der Waals surface area contributed by atoms with Crippen molar-refractivity contribution in [2.75, 3.05) is 5.32 Å². The minimum Gasteiger partial charge on any atom is -0.366 e. The van der Waals surface area contributed by atoms with Gasteiger partial charge in [-0.1, -0.05) is 19.3 Å². The Morgan fingerprint density at radius 2 is 2.11 bits per heavy atom. The topological polar surface area (TPSA) is 74.7 Å². The molecule has 2 unspecified atom stereocenters. The van der Waals surface area contributed by atoms with E-state index in [0.717, 1.165) is 24.4 Å². The van der Waals surface area contributed by atoms with Crippen molar-refractivity contribution in [3.8, 4) is 6.07 Å². The van der Waals surface area contributed by atoms with Gasteiger partial charge in [-0.05, 0) is 31.9 Å². The van der Waals surface area contributed by atoms with Gasteiger partial charge < -0.3 is 11.1 Å². The highest BCUT2D eigenvalue weighted by atomic mass is 15.0. The van der Waals surface area contributed by atoms with Gasteiger partial charge in [0, 0.05) is 17.8 Å². The molecule has 0 aliphatic heterocycles. The predicted octanol–water partition coefficient (Wildman–Crippen LogP) is 2.33. The molecule has 0 amide bonds. The number of nitrogens with one attached hydrogen (secondary N) is 1. The largest absolute Gasteiger partial charge is 0.366 e. The van der Waals surface area contributed by atoms with E-state index in [9.17, 15) is 0 Å². The third kappa shape index (κ3) is 3.21. The van der Waals surface area contributed by atoms with Crippen molar-refractivity contribution < 1.29 is 0 Å². The summed E-state index contributed by atoms with van der Waals surface area (Å²) in [6, 6.07) is 6.20. The summed E-state index contributed by atoms with van der Waals surface area (Å²) >= 11 is 0. The Morgan fingerprint density at radius 3 is 2.89 bits per heavy atom. The molecule has 1 aliphatic carbocycles. The second-order valence-electron chi connectivity index (χ2n) is 5.05. The lowest BCUT2D eigenvalue weighted by molar-refractivity contribution is 0.527. The van der Waals surface area contributed by atoms with Crippen LogP contribution in [0.4, 0.5) is 5.82 Å². The lowest BCUT2D eigenvalue weighted by Crippen LogP contribution is -2.39. The second-order valence-corrected chi connectivity index (χ2v) is 5.05. The number of nitrogens with zero attached hydrogens (tertiary/aromatic N) is 2. The number of hydrogen-bond donors (Lipinski definition) is 2. The Kier molecular flexibility index (Phi) is 4.16. The van der Waals surface area contributed by atoms with Crippen molar-refractivity contribution >= 4 is 5.82 Å². The number of nitrogens with two attached hydrogens (primary N) is 1. The van der Waals surface area contributed by atoms with Crippen molar-refractivity contribution in [1.29, 1.82) is 5.26 Å². The van der Waals surface area contributed by atoms with E-state index in [1.165, 1.54) is 19.3 Å². The number of pyridine rings is 1. The van der Waals surface area contributed by atoms with Crippen LogP contribution in [0.15, 0.2) is 12.1 Å².